The van der Waals surface area contributed by atoms with Crippen molar-refractivity contribution in [3.63, 3.8) is 0 Å². The van der Waals surface area contributed by atoms with E-state index in [-0.39, 0.29) is 23.9 Å². The predicted molar refractivity (Wildman–Crippen MR) is 229 cm³/mol. The second kappa shape index (κ2) is 16.9. The zero-order valence-electron chi connectivity index (χ0n) is 33.4. The Balaban J connectivity index is 0.913. The van der Waals surface area contributed by atoms with Crippen LogP contribution in [-0.2, 0) is 14.3 Å². The highest BCUT2D eigenvalue weighted by atomic mass is 35.5. The smallest absolute Gasteiger partial charge is 0.407 e. The third-order valence-corrected chi connectivity index (χ3v) is 11.8. The van der Waals surface area contributed by atoms with Gasteiger partial charge in [0, 0.05) is 24.2 Å². The number of carbonyl (C=O) groups is 3. The van der Waals surface area contributed by atoms with Crippen molar-refractivity contribution in [2.24, 2.45) is 0 Å². The summed E-state index contributed by atoms with van der Waals surface area (Å²) >= 11 is 6.26. The number of rotatable bonds is 11. The minimum atomic E-state index is -0.874. The molecular weight excluding hydrogens is 764 g/mol. The molecule has 2 aliphatic heterocycles. The Morgan fingerprint density at radius 1 is 0.763 bits per heavy atom. The molecule has 0 unspecified atom stereocenters. The number of alkyl carbamates (subject to hydrolysis) is 1. The van der Waals surface area contributed by atoms with E-state index in [1.807, 2.05) is 86.0 Å². The summed E-state index contributed by atoms with van der Waals surface area (Å²) in [6, 6.07) is 32.3. The van der Waals surface area contributed by atoms with Gasteiger partial charge in [-0.1, -0.05) is 96.5 Å². The average molecular weight is 812 g/mol. The quantitative estimate of drug-likeness (QED) is 0.112. The number of halogens is 1. The van der Waals surface area contributed by atoms with Crippen LogP contribution < -0.4 is 9.80 Å². The van der Waals surface area contributed by atoms with Crippen molar-refractivity contribution in [3.05, 3.63) is 138 Å². The molecule has 0 bridgehead atoms. The fourth-order valence-electron chi connectivity index (χ4n) is 8.30. The summed E-state index contributed by atoms with van der Waals surface area (Å²) in [7, 11) is 5.34. The lowest BCUT2D eigenvalue weighted by Gasteiger charge is -2.32. The summed E-state index contributed by atoms with van der Waals surface area (Å²) in [4.78, 5) is 59.9. The Morgan fingerprint density at radius 2 is 1.31 bits per heavy atom. The van der Waals surface area contributed by atoms with E-state index in [4.69, 9.17) is 26.3 Å². The number of hydrogen-bond acceptors (Lipinski definition) is 6. The topological polar surface area (TPSA) is 136 Å². The van der Waals surface area contributed by atoms with Crippen molar-refractivity contribution in [3.8, 4) is 33.6 Å². The van der Waals surface area contributed by atoms with Gasteiger partial charge in [0.25, 0.3) is 11.8 Å². The number of benzene rings is 4. The lowest BCUT2D eigenvalue weighted by Crippen LogP contribution is -2.49. The molecular formula is C46H48ClN8O4+. The Bertz CT molecular complexity index is 2430. The fourth-order valence-corrected chi connectivity index (χ4v) is 8.49. The lowest BCUT2D eigenvalue weighted by molar-refractivity contribution is -0.134. The zero-order valence-corrected chi connectivity index (χ0v) is 34.2. The van der Waals surface area contributed by atoms with E-state index in [0.29, 0.717) is 40.5 Å². The molecule has 2 saturated heterocycles. The van der Waals surface area contributed by atoms with Crippen LogP contribution in [0.15, 0.2) is 116 Å². The van der Waals surface area contributed by atoms with Crippen molar-refractivity contribution in [1.82, 2.24) is 39.5 Å². The van der Waals surface area contributed by atoms with Gasteiger partial charge in [0.05, 0.1) is 57.1 Å². The Hall–Kier alpha value is -6.24. The van der Waals surface area contributed by atoms with E-state index in [2.05, 4.69) is 63.8 Å². The van der Waals surface area contributed by atoms with Crippen molar-refractivity contribution >= 4 is 35.2 Å². The number of likely N-dealkylation sites (N-methyl/N-ethyl adjacent to an activating group) is 1. The number of hydrogen-bond donors (Lipinski definition) is 3. The first-order valence-corrected chi connectivity index (χ1v) is 20.4. The molecule has 0 aliphatic carbocycles. The molecule has 4 aromatic carbocycles. The van der Waals surface area contributed by atoms with Crippen LogP contribution in [0.4, 0.5) is 10.5 Å². The Labute approximate surface area is 348 Å². The highest BCUT2D eigenvalue weighted by molar-refractivity contribution is 6.30. The Kier molecular flexibility index (Phi) is 11.4. The maximum Gasteiger partial charge on any atom is 0.407 e. The molecule has 0 saturated carbocycles. The van der Waals surface area contributed by atoms with Gasteiger partial charge in [-0.25, -0.2) is 14.8 Å². The van der Waals surface area contributed by atoms with Gasteiger partial charge in [0.2, 0.25) is 0 Å². The standard InChI is InChI=1S/C46H47ClN8O4/c1-55(2,36-13-7-12-35(47)26-36)29-41(56)53-24-8-14-39(53)43-48-27-37(50-43)32-20-16-30(17-21-32)31-18-22-33(23-19-31)38-28-49-44(51-38)40-15-9-25-54(40)45(57)42(52-46(58)59-3)34-10-5-4-6-11-34/h4-7,10-13,16-23,26-28,39-40,42H,8-9,14-15,24-25,29H2,1-3H3,(H2-,48,49,50,51,52,58)/p+1/t39-,40-,42+/m0/s1. The number of nitrogens with one attached hydrogen (secondary N) is 3. The minimum Gasteiger partial charge on any atom is -0.453 e. The monoisotopic (exact) mass is 811 g/mol. The molecule has 59 heavy (non-hydrogen) atoms. The highest BCUT2D eigenvalue weighted by Gasteiger charge is 2.38. The number of aromatic nitrogens is 4. The molecule has 2 fully saturated rings. The third-order valence-electron chi connectivity index (χ3n) is 11.5. The van der Waals surface area contributed by atoms with Gasteiger partial charge in [-0.15, -0.1) is 0 Å². The molecule has 3 N–H and O–H groups in total. The first kappa shape index (κ1) is 39.6. The van der Waals surface area contributed by atoms with Crippen LogP contribution in [0.3, 0.4) is 0 Å². The number of ether oxygens (including phenoxy) is 1. The molecule has 0 radical (unpaired) electrons. The number of imidazole rings is 2. The SMILES string of the molecule is COC(=O)N[C@@H](C(=O)N1CCC[C@H]1c1ncc(-c2ccc(-c3ccc(-c4cnc([C@@H]5CCCN5C(=O)C[N+](C)(C)c5cccc(Cl)c5)[nH]4)cc3)cc2)[nH]1)c1ccccc1. The maximum absolute atomic E-state index is 13.9. The molecule has 0 spiro atoms. The maximum atomic E-state index is 13.9. The van der Waals surface area contributed by atoms with E-state index >= 15 is 0 Å². The van der Waals surface area contributed by atoms with E-state index in [1.165, 1.54) is 7.11 Å². The van der Waals surface area contributed by atoms with E-state index in [0.717, 1.165) is 70.8 Å². The number of quaternary nitrogens is 1. The zero-order chi connectivity index (χ0) is 41.1. The molecule has 302 valence electrons. The van der Waals surface area contributed by atoms with Crippen molar-refractivity contribution in [2.75, 3.05) is 40.8 Å². The number of carbonyl (C=O) groups excluding carboxylic acids is 3. The fraction of sp³-hybridized carbons (Fsp3) is 0.283. The normalized spacial score (nSPS) is 17.2. The van der Waals surface area contributed by atoms with Crippen LogP contribution in [0, 0.1) is 0 Å². The van der Waals surface area contributed by atoms with Crippen LogP contribution in [0.5, 0.6) is 0 Å². The summed E-state index contributed by atoms with van der Waals surface area (Å²) in [5, 5.41) is 3.37. The predicted octanol–water partition coefficient (Wildman–Crippen LogP) is 8.48. The Morgan fingerprint density at radius 3 is 1.86 bits per heavy atom. The number of aromatic amines is 2. The molecule has 8 rings (SSSR count). The third kappa shape index (κ3) is 8.50. The van der Waals surface area contributed by atoms with E-state index in [1.54, 1.807) is 4.90 Å². The number of methoxy groups -OCH3 is 1. The summed E-state index contributed by atoms with van der Waals surface area (Å²) in [6.07, 6.45) is 6.37. The summed E-state index contributed by atoms with van der Waals surface area (Å²) in [6.45, 7) is 1.59. The van der Waals surface area contributed by atoms with Gasteiger partial charge in [0.1, 0.15) is 23.4 Å². The van der Waals surface area contributed by atoms with Gasteiger partial charge in [-0.05, 0) is 65.6 Å². The van der Waals surface area contributed by atoms with Gasteiger partial charge in [0.15, 0.2) is 6.54 Å². The molecule has 12 nitrogen and oxygen atoms in total. The first-order chi connectivity index (χ1) is 28.6. The molecule has 2 aliphatic rings. The van der Waals surface area contributed by atoms with E-state index in [9.17, 15) is 14.4 Å². The van der Waals surface area contributed by atoms with Gasteiger partial charge >= 0.3 is 6.09 Å². The highest BCUT2D eigenvalue weighted by Crippen LogP contribution is 2.36. The van der Waals surface area contributed by atoms with Gasteiger partial charge in [-0.3, -0.25) is 14.1 Å². The van der Waals surface area contributed by atoms with Crippen molar-refractivity contribution in [1.29, 1.82) is 0 Å². The van der Waals surface area contributed by atoms with E-state index < -0.39 is 12.1 Å². The van der Waals surface area contributed by atoms with Crippen LogP contribution in [0.1, 0.15) is 61.0 Å². The van der Waals surface area contributed by atoms with Gasteiger partial charge in [-0.2, -0.15) is 0 Å². The second-order valence-corrected chi connectivity index (χ2v) is 16.2. The number of H-pyrrole nitrogens is 2. The van der Waals surface area contributed by atoms with Gasteiger partial charge < -0.3 is 29.8 Å². The average Bonchev–Trinajstić information content (AvgIpc) is 4.10. The van der Waals surface area contributed by atoms with Crippen molar-refractivity contribution in [2.45, 2.75) is 43.8 Å². The number of likely N-dealkylation sites (tertiary alicyclic amines) is 2. The first-order valence-electron chi connectivity index (χ1n) is 20.0. The molecule has 2 aromatic heterocycles. The summed E-state index contributed by atoms with van der Waals surface area (Å²) in [5.41, 5.74) is 7.57. The second-order valence-electron chi connectivity index (χ2n) is 15.8. The van der Waals surface area contributed by atoms with Crippen LogP contribution in [0.25, 0.3) is 33.6 Å². The molecule has 3 atom stereocenters. The summed E-state index contributed by atoms with van der Waals surface area (Å²) in [5.74, 6) is 1.40. The molecule has 4 heterocycles. The largest absolute Gasteiger partial charge is 0.453 e. The van der Waals surface area contributed by atoms with Crippen LogP contribution >= 0.6 is 11.6 Å². The molecule has 3 amide bonds. The summed E-state index contributed by atoms with van der Waals surface area (Å²) < 4.78 is 5.24. The number of nitrogens with zero attached hydrogens (tertiary/aromatic N) is 5. The van der Waals surface area contributed by atoms with Crippen LogP contribution in [-0.4, -0.2) is 88.5 Å². The van der Waals surface area contributed by atoms with Crippen LogP contribution in [0.2, 0.25) is 5.02 Å². The molecule has 6 aromatic rings. The molecule has 13 heteroatoms. The minimum absolute atomic E-state index is 0.0924. The van der Waals surface area contributed by atoms with Crippen molar-refractivity contribution < 1.29 is 19.1 Å². The lowest BCUT2D eigenvalue weighted by atomic mass is 10.0. The number of amides is 3.